The maximum absolute atomic E-state index is 9.96. The van der Waals surface area contributed by atoms with Gasteiger partial charge in [0.2, 0.25) is 5.13 Å². The molecule has 110 valence electrons. The third-order valence-corrected chi connectivity index (χ3v) is 4.01. The first-order valence-corrected chi connectivity index (χ1v) is 7.58. The number of anilines is 2. The van der Waals surface area contributed by atoms with E-state index >= 15 is 0 Å². The normalized spacial score (nSPS) is 15.0. The van der Waals surface area contributed by atoms with Gasteiger partial charge in [-0.05, 0) is 31.4 Å². The second-order valence-electron chi connectivity index (χ2n) is 4.84. The van der Waals surface area contributed by atoms with Crippen molar-refractivity contribution < 1.29 is 9.84 Å². The number of aromatic hydroxyl groups is 1. The number of thiazole rings is 1. The van der Waals surface area contributed by atoms with Crippen LogP contribution < -0.4 is 15.9 Å². The highest BCUT2D eigenvalue weighted by Gasteiger charge is 2.19. The van der Waals surface area contributed by atoms with Crippen LogP contribution in [0.1, 0.15) is 24.8 Å². The lowest BCUT2D eigenvalue weighted by Gasteiger charge is -2.26. The zero-order valence-electron chi connectivity index (χ0n) is 11.3. The van der Waals surface area contributed by atoms with Crippen molar-refractivity contribution in [2.75, 3.05) is 11.2 Å². The quantitative estimate of drug-likeness (QED) is 0.583. The van der Waals surface area contributed by atoms with Gasteiger partial charge in [-0.2, -0.15) is 5.10 Å². The van der Waals surface area contributed by atoms with Crippen LogP contribution in [0.5, 0.6) is 11.5 Å². The molecule has 21 heavy (non-hydrogen) atoms. The second-order valence-corrected chi connectivity index (χ2v) is 5.70. The second kappa shape index (κ2) is 6.01. The zero-order valence-corrected chi connectivity index (χ0v) is 12.1. The number of benzene rings is 1. The maximum atomic E-state index is 9.96. The summed E-state index contributed by atoms with van der Waals surface area (Å²) >= 11 is 1.36. The number of ether oxygens (including phenoxy) is 1. The number of phenolic OH excluding ortho intramolecular Hbond substituents is 1. The van der Waals surface area contributed by atoms with Crippen molar-refractivity contribution in [3.8, 4) is 11.5 Å². The van der Waals surface area contributed by atoms with Crippen molar-refractivity contribution in [3.05, 3.63) is 29.1 Å². The summed E-state index contributed by atoms with van der Waals surface area (Å²) in [5.41, 5.74) is 8.88. The monoisotopic (exact) mass is 304 g/mol. The van der Waals surface area contributed by atoms with Gasteiger partial charge >= 0.3 is 0 Å². The fourth-order valence-corrected chi connectivity index (χ4v) is 2.43. The SMILES string of the molecule is Nc1csc(NN=Cc2ccc(OC3CCC3)cc2O)n1. The van der Waals surface area contributed by atoms with Crippen molar-refractivity contribution in [1.29, 1.82) is 0 Å². The van der Waals surface area contributed by atoms with Gasteiger partial charge in [0.15, 0.2) is 0 Å². The van der Waals surface area contributed by atoms with E-state index in [2.05, 4.69) is 15.5 Å². The molecule has 1 aromatic carbocycles. The van der Waals surface area contributed by atoms with Crippen LogP contribution >= 0.6 is 11.3 Å². The Morgan fingerprint density at radius 2 is 2.33 bits per heavy atom. The topological polar surface area (TPSA) is 92.8 Å². The fraction of sp³-hybridized carbons (Fsp3) is 0.286. The molecule has 0 bridgehead atoms. The average Bonchev–Trinajstić information content (AvgIpc) is 2.82. The largest absolute Gasteiger partial charge is 0.507 e. The Hall–Kier alpha value is -2.28. The van der Waals surface area contributed by atoms with Crippen molar-refractivity contribution in [1.82, 2.24) is 4.98 Å². The minimum atomic E-state index is 0.135. The molecule has 0 aliphatic heterocycles. The van der Waals surface area contributed by atoms with Crippen LogP contribution in [0.3, 0.4) is 0 Å². The van der Waals surface area contributed by atoms with E-state index in [1.165, 1.54) is 24.0 Å². The van der Waals surface area contributed by atoms with Gasteiger partial charge in [0.25, 0.3) is 0 Å². The number of nitrogens with two attached hydrogens (primary N) is 1. The van der Waals surface area contributed by atoms with Crippen LogP contribution in [0, 0.1) is 0 Å². The Kier molecular flexibility index (Phi) is 3.92. The van der Waals surface area contributed by atoms with Crippen LogP contribution in [0.4, 0.5) is 10.9 Å². The molecule has 0 spiro atoms. The van der Waals surface area contributed by atoms with Gasteiger partial charge in [-0.1, -0.05) is 0 Å². The molecule has 1 heterocycles. The molecular formula is C14H16N4O2S. The van der Waals surface area contributed by atoms with Crippen molar-refractivity contribution in [3.63, 3.8) is 0 Å². The van der Waals surface area contributed by atoms with Gasteiger partial charge in [0.1, 0.15) is 17.3 Å². The molecule has 1 fully saturated rings. The number of hydrogen-bond acceptors (Lipinski definition) is 7. The van der Waals surface area contributed by atoms with E-state index in [0.29, 0.717) is 28.4 Å². The molecule has 1 saturated carbocycles. The van der Waals surface area contributed by atoms with Crippen LogP contribution in [-0.2, 0) is 0 Å². The number of hydrazone groups is 1. The van der Waals surface area contributed by atoms with Gasteiger partial charge in [-0.25, -0.2) is 4.98 Å². The molecule has 0 saturated heterocycles. The van der Waals surface area contributed by atoms with Gasteiger partial charge in [0.05, 0.1) is 12.3 Å². The van der Waals surface area contributed by atoms with E-state index in [0.717, 1.165) is 12.8 Å². The molecule has 1 aromatic heterocycles. The molecule has 0 unspecified atom stereocenters. The molecule has 1 aliphatic rings. The van der Waals surface area contributed by atoms with Gasteiger partial charge in [-0.3, -0.25) is 5.43 Å². The lowest BCUT2D eigenvalue weighted by atomic mass is 9.96. The van der Waals surface area contributed by atoms with Gasteiger partial charge < -0.3 is 15.6 Å². The van der Waals surface area contributed by atoms with Gasteiger partial charge in [-0.15, -0.1) is 11.3 Å². The number of rotatable bonds is 5. The van der Waals surface area contributed by atoms with Crippen LogP contribution in [-0.4, -0.2) is 22.4 Å². The summed E-state index contributed by atoms with van der Waals surface area (Å²) in [6.07, 6.45) is 5.21. The van der Waals surface area contributed by atoms with E-state index in [1.54, 1.807) is 17.5 Å². The fourth-order valence-electron chi connectivity index (χ4n) is 1.88. The molecule has 0 atom stereocenters. The summed E-state index contributed by atoms with van der Waals surface area (Å²) in [6.45, 7) is 0. The zero-order chi connectivity index (χ0) is 14.7. The Bertz CT molecular complexity index is 652. The Morgan fingerprint density at radius 1 is 1.48 bits per heavy atom. The first-order chi connectivity index (χ1) is 10.2. The minimum Gasteiger partial charge on any atom is -0.507 e. The summed E-state index contributed by atoms with van der Waals surface area (Å²) in [7, 11) is 0. The van der Waals surface area contributed by atoms with Crippen molar-refractivity contribution in [2.45, 2.75) is 25.4 Å². The van der Waals surface area contributed by atoms with Crippen molar-refractivity contribution >= 4 is 28.5 Å². The Morgan fingerprint density at radius 3 is 2.95 bits per heavy atom. The first-order valence-electron chi connectivity index (χ1n) is 6.70. The number of nitrogen functional groups attached to an aromatic ring is 1. The number of hydrogen-bond donors (Lipinski definition) is 3. The summed E-state index contributed by atoms with van der Waals surface area (Å²) < 4.78 is 5.72. The Balaban J connectivity index is 1.62. The summed E-state index contributed by atoms with van der Waals surface area (Å²) in [5, 5.41) is 16.3. The number of nitrogens with zero attached hydrogens (tertiary/aromatic N) is 2. The lowest BCUT2D eigenvalue weighted by Crippen LogP contribution is -2.24. The van der Waals surface area contributed by atoms with E-state index in [1.807, 2.05) is 6.07 Å². The lowest BCUT2D eigenvalue weighted by molar-refractivity contribution is 0.120. The van der Waals surface area contributed by atoms with Crippen LogP contribution in [0.25, 0.3) is 0 Å². The highest BCUT2D eigenvalue weighted by molar-refractivity contribution is 7.14. The predicted octanol–water partition coefficient (Wildman–Crippen LogP) is 2.81. The molecular weight excluding hydrogens is 288 g/mol. The average molecular weight is 304 g/mol. The predicted molar refractivity (Wildman–Crippen MR) is 84.1 cm³/mol. The molecule has 7 heteroatoms. The molecule has 0 amide bonds. The van der Waals surface area contributed by atoms with E-state index < -0.39 is 0 Å². The standard InChI is InChI=1S/C14H16N4O2S/c15-13-8-21-14(17-13)18-16-7-9-4-5-11(6-12(9)19)20-10-2-1-3-10/h4-8,10,19H,1-3,15H2,(H,17,18). The maximum Gasteiger partial charge on any atom is 0.205 e. The summed E-state index contributed by atoms with van der Waals surface area (Å²) in [4.78, 5) is 4.02. The van der Waals surface area contributed by atoms with Crippen LogP contribution in [0.2, 0.25) is 0 Å². The molecule has 6 nitrogen and oxygen atoms in total. The molecule has 1 aliphatic carbocycles. The van der Waals surface area contributed by atoms with Crippen LogP contribution in [0.15, 0.2) is 28.7 Å². The summed E-state index contributed by atoms with van der Waals surface area (Å²) in [6, 6.07) is 5.21. The first kappa shape index (κ1) is 13.7. The molecule has 4 N–H and O–H groups in total. The third kappa shape index (κ3) is 3.43. The molecule has 2 aromatic rings. The van der Waals surface area contributed by atoms with Crippen molar-refractivity contribution in [2.24, 2.45) is 5.10 Å². The van der Waals surface area contributed by atoms with E-state index in [9.17, 15) is 5.11 Å². The number of aromatic nitrogens is 1. The molecule has 0 radical (unpaired) electrons. The minimum absolute atomic E-state index is 0.135. The van der Waals surface area contributed by atoms with Gasteiger partial charge in [0, 0.05) is 17.0 Å². The highest BCUT2D eigenvalue weighted by atomic mass is 32.1. The molecule has 3 rings (SSSR count). The highest BCUT2D eigenvalue weighted by Crippen LogP contribution is 2.28. The number of nitrogens with one attached hydrogen (secondary N) is 1. The number of phenols is 1. The van der Waals surface area contributed by atoms with E-state index in [4.69, 9.17) is 10.5 Å². The summed E-state index contributed by atoms with van der Waals surface area (Å²) in [5.74, 6) is 1.28. The Labute approximate surface area is 126 Å². The van der Waals surface area contributed by atoms with E-state index in [-0.39, 0.29) is 5.75 Å². The third-order valence-electron chi connectivity index (χ3n) is 3.24. The smallest absolute Gasteiger partial charge is 0.205 e.